The fraction of sp³-hybridized carbons (Fsp3) is 0.842. The summed E-state index contributed by atoms with van der Waals surface area (Å²) in [7, 11) is 0. The highest BCUT2D eigenvalue weighted by Crippen LogP contribution is 2.30. The molecule has 7 nitrogen and oxygen atoms in total. The minimum atomic E-state index is 0.183. The van der Waals surface area contributed by atoms with E-state index >= 15 is 0 Å². The van der Waals surface area contributed by atoms with Crippen LogP contribution in [0.4, 0.5) is 0 Å². The summed E-state index contributed by atoms with van der Waals surface area (Å²) in [5, 5.41) is 4.17. The molecule has 1 aliphatic carbocycles. The molecule has 1 amide bonds. The lowest BCUT2D eigenvalue weighted by Crippen LogP contribution is -2.42. The predicted octanol–water partition coefficient (Wildman–Crippen LogP) is 2.19. The van der Waals surface area contributed by atoms with E-state index in [2.05, 4.69) is 19.9 Å². The third-order valence-corrected chi connectivity index (χ3v) is 6.01. The largest absolute Gasteiger partial charge is 0.379 e. The second-order valence-electron chi connectivity index (χ2n) is 7.98. The van der Waals surface area contributed by atoms with Crippen LogP contribution < -0.4 is 0 Å². The molecule has 2 aliphatic heterocycles. The SMILES string of the molecule is O=C1CCC(c2nc(CN3CCOCC3)no2)CN1CC1CCCCC1. The molecule has 1 saturated carbocycles. The zero-order chi connectivity index (χ0) is 17.8. The molecular formula is C19H30N4O3. The molecule has 0 spiro atoms. The van der Waals surface area contributed by atoms with E-state index in [-0.39, 0.29) is 5.92 Å². The lowest BCUT2D eigenvalue weighted by atomic mass is 9.87. The predicted molar refractivity (Wildman–Crippen MR) is 95.5 cm³/mol. The molecule has 0 radical (unpaired) electrons. The summed E-state index contributed by atoms with van der Waals surface area (Å²) in [6.45, 7) is 5.72. The average molecular weight is 362 g/mol. The zero-order valence-electron chi connectivity index (χ0n) is 15.6. The second kappa shape index (κ2) is 8.48. The standard InChI is InChI=1S/C19H30N4O3/c24-18-7-6-16(13-23(18)12-15-4-2-1-3-5-15)19-20-17(21-26-19)14-22-8-10-25-11-9-22/h15-16H,1-14H2. The molecule has 0 N–H and O–H groups in total. The van der Waals surface area contributed by atoms with Crippen molar-refractivity contribution in [2.75, 3.05) is 39.4 Å². The van der Waals surface area contributed by atoms with Gasteiger partial charge in [0.15, 0.2) is 5.82 Å². The van der Waals surface area contributed by atoms with Gasteiger partial charge in [-0.1, -0.05) is 24.4 Å². The van der Waals surface area contributed by atoms with Crippen LogP contribution in [0.25, 0.3) is 0 Å². The lowest BCUT2D eigenvalue weighted by molar-refractivity contribution is -0.134. The van der Waals surface area contributed by atoms with Crippen molar-refractivity contribution >= 4 is 5.91 Å². The summed E-state index contributed by atoms with van der Waals surface area (Å²) in [5.74, 6) is 2.60. The van der Waals surface area contributed by atoms with Gasteiger partial charge in [-0.25, -0.2) is 0 Å². The summed E-state index contributed by atoms with van der Waals surface area (Å²) in [6, 6.07) is 0. The average Bonchev–Trinajstić information content (AvgIpc) is 3.14. The van der Waals surface area contributed by atoms with Crippen molar-refractivity contribution in [1.29, 1.82) is 0 Å². The molecule has 1 aromatic rings. The number of amides is 1. The van der Waals surface area contributed by atoms with Crippen molar-refractivity contribution in [3.8, 4) is 0 Å². The number of carbonyl (C=O) groups is 1. The third kappa shape index (κ3) is 4.43. The Bertz CT molecular complexity index is 593. The van der Waals surface area contributed by atoms with Crippen molar-refractivity contribution in [1.82, 2.24) is 19.9 Å². The van der Waals surface area contributed by atoms with Crippen LogP contribution >= 0.6 is 0 Å². The van der Waals surface area contributed by atoms with Gasteiger partial charge in [0.05, 0.1) is 25.7 Å². The molecule has 4 rings (SSSR count). The van der Waals surface area contributed by atoms with Crippen molar-refractivity contribution in [3.63, 3.8) is 0 Å². The maximum atomic E-state index is 12.4. The topological polar surface area (TPSA) is 71.7 Å². The maximum Gasteiger partial charge on any atom is 0.231 e. The zero-order valence-corrected chi connectivity index (χ0v) is 15.6. The summed E-state index contributed by atoms with van der Waals surface area (Å²) in [5.41, 5.74) is 0. The highest BCUT2D eigenvalue weighted by molar-refractivity contribution is 5.77. The number of nitrogens with zero attached hydrogens (tertiary/aromatic N) is 4. The van der Waals surface area contributed by atoms with Crippen LogP contribution in [0.15, 0.2) is 4.52 Å². The first-order chi connectivity index (χ1) is 12.8. The van der Waals surface area contributed by atoms with Crippen molar-refractivity contribution in [2.24, 2.45) is 5.92 Å². The summed E-state index contributed by atoms with van der Waals surface area (Å²) in [4.78, 5) is 21.3. The van der Waals surface area contributed by atoms with Crippen LogP contribution in [0.1, 0.15) is 62.6 Å². The van der Waals surface area contributed by atoms with Crippen molar-refractivity contribution in [2.45, 2.75) is 57.4 Å². The van der Waals surface area contributed by atoms with Crippen molar-refractivity contribution in [3.05, 3.63) is 11.7 Å². The summed E-state index contributed by atoms with van der Waals surface area (Å²) < 4.78 is 10.9. The molecule has 1 aromatic heterocycles. The molecule has 0 bridgehead atoms. The smallest absolute Gasteiger partial charge is 0.231 e. The lowest BCUT2D eigenvalue weighted by Gasteiger charge is -2.34. The normalized spacial score (nSPS) is 26.4. The monoisotopic (exact) mass is 362 g/mol. The fourth-order valence-electron chi connectivity index (χ4n) is 4.43. The van der Waals surface area contributed by atoms with Gasteiger partial charge in [0.2, 0.25) is 11.8 Å². The number of aromatic nitrogens is 2. The van der Waals surface area contributed by atoms with E-state index in [4.69, 9.17) is 9.26 Å². The van der Waals surface area contributed by atoms with E-state index in [0.717, 1.165) is 51.6 Å². The molecule has 1 unspecified atom stereocenters. The first kappa shape index (κ1) is 17.9. The molecule has 1 atom stereocenters. The molecule has 3 heterocycles. The number of morpholine rings is 1. The number of hydrogen-bond acceptors (Lipinski definition) is 6. The van der Waals surface area contributed by atoms with Crippen LogP contribution in [-0.4, -0.2) is 65.2 Å². The van der Waals surface area contributed by atoms with Crippen LogP contribution in [0.3, 0.4) is 0 Å². The van der Waals surface area contributed by atoms with E-state index in [1.54, 1.807) is 0 Å². The Morgan fingerprint density at radius 3 is 2.69 bits per heavy atom. The second-order valence-corrected chi connectivity index (χ2v) is 7.98. The Morgan fingerprint density at radius 1 is 1.08 bits per heavy atom. The summed E-state index contributed by atoms with van der Waals surface area (Å²) >= 11 is 0. The number of ether oxygens (including phenoxy) is 1. The van der Waals surface area contributed by atoms with Crippen LogP contribution in [0.5, 0.6) is 0 Å². The van der Waals surface area contributed by atoms with Gasteiger partial charge in [0.25, 0.3) is 0 Å². The number of piperidine rings is 1. The Kier molecular flexibility index (Phi) is 5.84. The molecule has 144 valence electrons. The molecule has 0 aromatic carbocycles. The first-order valence-electron chi connectivity index (χ1n) is 10.2. The van der Waals surface area contributed by atoms with Crippen molar-refractivity contribution < 1.29 is 14.1 Å². The Hall–Kier alpha value is -1.47. The van der Waals surface area contributed by atoms with E-state index in [1.165, 1.54) is 32.1 Å². The van der Waals surface area contributed by atoms with Gasteiger partial charge in [-0.3, -0.25) is 9.69 Å². The minimum absolute atomic E-state index is 0.183. The Morgan fingerprint density at radius 2 is 1.88 bits per heavy atom. The van der Waals surface area contributed by atoms with E-state index in [9.17, 15) is 4.79 Å². The number of carbonyl (C=O) groups excluding carboxylic acids is 1. The molecule has 3 fully saturated rings. The van der Waals surface area contributed by atoms with Gasteiger partial charge < -0.3 is 14.2 Å². The third-order valence-electron chi connectivity index (χ3n) is 6.01. The molecule has 26 heavy (non-hydrogen) atoms. The highest BCUT2D eigenvalue weighted by Gasteiger charge is 2.32. The molecular weight excluding hydrogens is 332 g/mol. The maximum absolute atomic E-state index is 12.4. The number of likely N-dealkylation sites (tertiary alicyclic amines) is 1. The van der Waals surface area contributed by atoms with Gasteiger partial charge in [-0.2, -0.15) is 4.98 Å². The van der Waals surface area contributed by atoms with Gasteiger partial charge in [0, 0.05) is 32.6 Å². The van der Waals surface area contributed by atoms with Crippen LogP contribution in [-0.2, 0) is 16.1 Å². The first-order valence-corrected chi connectivity index (χ1v) is 10.2. The van der Waals surface area contributed by atoms with E-state index in [0.29, 0.717) is 30.7 Å². The van der Waals surface area contributed by atoms with E-state index in [1.807, 2.05) is 0 Å². The van der Waals surface area contributed by atoms with E-state index < -0.39 is 0 Å². The van der Waals surface area contributed by atoms with Gasteiger partial charge in [-0.15, -0.1) is 0 Å². The summed E-state index contributed by atoms with van der Waals surface area (Å²) in [6.07, 6.45) is 7.91. The number of rotatable bonds is 5. The molecule has 7 heteroatoms. The van der Waals surface area contributed by atoms with Crippen LogP contribution in [0, 0.1) is 5.92 Å². The van der Waals surface area contributed by atoms with Gasteiger partial charge in [0.1, 0.15) is 0 Å². The number of hydrogen-bond donors (Lipinski definition) is 0. The molecule has 2 saturated heterocycles. The molecule has 3 aliphatic rings. The Balaban J connectivity index is 1.34. The van der Waals surface area contributed by atoms with Gasteiger partial charge >= 0.3 is 0 Å². The van der Waals surface area contributed by atoms with Gasteiger partial charge in [-0.05, 0) is 25.2 Å². The Labute approximate surface area is 155 Å². The minimum Gasteiger partial charge on any atom is -0.379 e. The quantitative estimate of drug-likeness (QED) is 0.800. The van der Waals surface area contributed by atoms with Crippen LogP contribution in [0.2, 0.25) is 0 Å². The fourth-order valence-corrected chi connectivity index (χ4v) is 4.43. The highest BCUT2D eigenvalue weighted by atomic mass is 16.5.